The Kier molecular flexibility index (Phi) is 4.27. The highest BCUT2D eigenvalue weighted by atomic mass is 16.4. The van der Waals surface area contributed by atoms with Crippen LogP contribution in [0.1, 0.15) is 29.4 Å². The second kappa shape index (κ2) is 6.65. The number of rotatable bonds is 5. The summed E-state index contributed by atoms with van der Waals surface area (Å²) in [5.41, 5.74) is 2.19. The fraction of sp³-hybridized carbons (Fsp3) is 0.250. The molecule has 0 spiro atoms. The number of hydrogen-bond acceptors (Lipinski definition) is 4. The Labute approximate surface area is 160 Å². The Bertz CT molecular complexity index is 976. The predicted octanol–water partition coefficient (Wildman–Crippen LogP) is 1.67. The van der Waals surface area contributed by atoms with Gasteiger partial charge in [0.15, 0.2) is 0 Å². The van der Waals surface area contributed by atoms with Crippen molar-refractivity contribution < 1.29 is 24.6 Å². The number of carboxylic acid groups (broad SMARTS) is 1. The van der Waals surface area contributed by atoms with Crippen molar-refractivity contribution in [3.8, 4) is 0 Å². The topological polar surface area (TPSA) is 123 Å². The monoisotopic (exact) mass is 381 g/mol. The number of H-pyrrole nitrogens is 1. The number of β-lactam (4-membered cyclic amide) rings is 1. The average Bonchev–Trinajstić information content (AvgIpc) is 3.28. The predicted molar refractivity (Wildman–Crippen MR) is 100 cm³/mol. The van der Waals surface area contributed by atoms with Gasteiger partial charge in [-0.2, -0.15) is 0 Å². The second-order valence-corrected chi connectivity index (χ2v) is 6.99. The van der Waals surface area contributed by atoms with E-state index in [-0.39, 0.29) is 23.6 Å². The summed E-state index contributed by atoms with van der Waals surface area (Å²) in [5.74, 6) is -2.38. The first-order valence-corrected chi connectivity index (χ1v) is 8.91. The molecule has 2 amide bonds. The SMILES string of the molecule is C[C@@H](O)[C@H]1C(=O)N2C(C(=O)O)=C(c3ccc(NC(=O)c4ccc[nH]4)cc3)C[C@H]12. The lowest BCUT2D eigenvalue weighted by Gasteiger charge is -2.44. The number of nitrogens with one attached hydrogen (secondary N) is 2. The maximum absolute atomic E-state index is 12.3. The van der Waals surface area contributed by atoms with Gasteiger partial charge in [-0.15, -0.1) is 0 Å². The normalized spacial score (nSPS) is 21.9. The molecule has 1 aromatic carbocycles. The number of nitrogens with zero attached hydrogens (tertiary/aromatic N) is 1. The summed E-state index contributed by atoms with van der Waals surface area (Å²) in [6, 6.07) is 9.86. The number of hydrogen-bond donors (Lipinski definition) is 4. The summed E-state index contributed by atoms with van der Waals surface area (Å²) in [5, 5.41) is 22.2. The standard InChI is InChI=1S/C20H19N3O5/c1-10(24)16-15-9-13(17(20(27)28)23(15)19(16)26)11-4-6-12(7-5-11)22-18(25)14-3-2-8-21-14/h2-8,10,15-16,21,24H,9H2,1H3,(H,22,25)(H,27,28)/t10-,15-,16-/m1/s1. The van der Waals surface area contributed by atoms with Gasteiger partial charge >= 0.3 is 5.97 Å². The first-order chi connectivity index (χ1) is 13.4. The molecule has 4 N–H and O–H groups in total. The quantitative estimate of drug-likeness (QED) is 0.587. The van der Waals surface area contributed by atoms with E-state index < -0.39 is 18.0 Å². The van der Waals surface area contributed by atoms with E-state index in [2.05, 4.69) is 10.3 Å². The molecule has 3 heterocycles. The molecule has 3 atom stereocenters. The van der Waals surface area contributed by atoms with Gasteiger partial charge in [-0.25, -0.2) is 4.79 Å². The van der Waals surface area contributed by atoms with Crippen LogP contribution in [0.4, 0.5) is 5.69 Å². The van der Waals surface area contributed by atoms with Gasteiger partial charge in [0.1, 0.15) is 11.4 Å². The smallest absolute Gasteiger partial charge is 0.352 e. The summed E-state index contributed by atoms with van der Waals surface area (Å²) < 4.78 is 0. The lowest BCUT2D eigenvalue weighted by atomic mass is 9.82. The van der Waals surface area contributed by atoms with Crippen LogP contribution >= 0.6 is 0 Å². The lowest BCUT2D eigenvalue weighted by Crippen LogP contribution is -2.61. The van der Waals surface area contributed by atoms with Gasteiger partial charge in [0.05, 0.1) is 18.1 Å². The molecule has 0 unspecified atom stereocenters. The number of carbonyl (C=O) groups excluding carboxylic acids is 2. The Balaban J connectivity index is 1.58. The summed E-state index contributed by atoms with van der Waals surface area (Å²) in [6.07, 6.45) is 1.20. The lowest BCUT2D eigenvalue weighted by molar-refractivity contribution is -0.161. The van der Waals surface area contributed by atoms with Crippen LogP contribution in [0, 0.1) is 5.92 Å². The third-order valence-electron chi connectivity index (χ3n) is 5.26. The van der Waals surface area contributed by atoms with Crippen molar-refractivity contribution in [2.75, 3.05) is 5.32 Å². The Morgan fingerprint density at radius 3 is 2.54 bits per heavy atom. The summed E-state index contributed by atoms with van der Waals surface area (Å²) in [7, 11) is 0. The summed E-state index contributed by atoms with van der Waals surface area (Å²) >= 11 is 0. The van der Waals surface area contributed by atoms with Crippen molar-refractivity contribution in [3.05, 3.63) is 59.5 Å². The molecular formula is C20H19N3O5. The third-order valence-corrected chi connectivity index (χ3v) is 5.26. The average molecular weight is 381 g/mol. The zero-order valence-corrected chi connectivity index (χ0v) is 15.0. The molecule has 1 aromatic heterocycles. The van der Waals surface area contributed by atoms with Crippen molar-refractivity contribution in [1.82, 2.24) is 9.88 Å². The number of anilines is 1. The summed E-state index contributed by atoms with van der Waals surface area (Å²) in [6.45, 7) is 1.54. The minimum atomic E-state index is -1.17. The Hall–Kier alpha value is -3.39. The number of aromatic nitrogens is 1. The molecule has 144 valence electrons. The van der Waals surface area contributed by atoms with Gasteiger partial charge in [0.25, 0.3) is 5.91 Å². The molecule has 1 saturated heterocycles. The second-order valence-electron chi connectivity index (χ2n) is 6.99. The number of aliphatic hydroxyl groups excluding tert-OH is 1. The molecule has 1 fully saturated rings. The van der Waals surface area contributed by atoms with Gasteiger partial charge in [-0.1, -0.05) is 12.1 Å². The van der Waals surface area contributed by atoms with Gasteiger partial charge < -0.3 is 25.4 Å². The van der Waals surface area contributed by atoms with Crippen LogP contribution in [0.15, 0.2) is 48.3 Å². The van der Waals surface area contributed by atoms with E-state index in [0.717, 1.165) is 0 Å². The highest BCUT2D eigenvalue weighted by molar-refractivity contribution is 6.06. The zero-order valence-electron chi connectivity index (χ0n) is 15.0. The molecule has 0 aliphatic carbocycles. The summed E-state index contributed by atoms with van der Waals surface area (Å²) in [4.78, 5) is 40.2. The van der Waals surface area contributed by atoms with Gasteiger partial charge in [0, 0.05) is 11.9 Å². The molecule has 0 saturated carbocycles. The molecule has 8 heteroatoms. The molecule has 8 nitrogen and oxygen atoms in total. The fourth-order valence-electron chi connectivity index (χ4n) is 3.95. The van der Waals surface area contributed by atoms with Crippen molar-refractivity contribution in [2.45, 2.75) is 25.5 Å². The van der Waals surface area contributed by atoms with Gasteiger partial charge in [-0.05, 0) is 48.7 Å². The first-order valence-electron chi connectivity index (χ1n) is 8.91. The van der Waals surface area contributed by atoms with E-state index in [4.69, 9.17) is 0 Å². The van der Waals surface area contributed by atoms with Crippen LogP contribution in [0.25, 0.3) is 5.57 Å². The number of amides is 2. The Morgan fingerprint density at radius 1 is 1.25 bits per heavy atom. The molecule has 4 rings (SSSR count). The van der Waals surface area contributed by atoms with Gasteiger partial charge in [-0.3, -0.25) is 9.59 Å². The van der Waals surface area contributed by atoms with E-state index in [1.807, 2.05) is 0 Å². The number of carboxylic acids is 1. The van der Waals surface area contributed by atoms with Crippen molar-refractivity contribution >= 4 is 29.0 Å². The number of benzene rings is 1. The first kappa shape index (κ1) is 18.0. The largest absolute Gasteiger partial charge is 0.477 e. The van der Waals surface area contributed by atoms with E-state index in [9.17, 15) is 24.6 Å². The molecule has 28 heavy (non-hydrogen) atoms. The molecular weight excluding hydrogens is 362 g/mol. The van der Waals surface area contributed by atoms with Crippen molar-refractivity contribution in [2.24, 2.45) is 5.92 Å². The molecule has 2 aliphatic heterocycles. The van der Waals surface area contributed by atoms with Crippen LogP contribution in [-0.2, 0) is 9.59 Å². The van der Waals surface area contributed by atoms with Crippen molar-refractivity contribution in [3.63, 3.8) is 0 Å². The Morgan fingerprint density at radius 2 is 1.96 bits per heavy atom. The minimum Gasteiger partial charge on any atom is -0.477 e. The maximum Gasteiger partial charge on any atom is 0.352 e. The van der Waals surface area contributed by atoms with Crippen LogP contribution in [0.2, 0.25) is 0 Å². The number of carbonyl (C=O) groups is 3. The fourth-order valence-corrected chi connectivity index (χ4v) is 3.95. The number of aliphatic hydroxyl groups is 1. The maximum atomic E-state index is 12.3. The number of aromatic amines is 1. The van der Waals surface area contributed by atoms with Crippen molar-refractivity contribution in [1.29, 1.82) is 0 Å². The zero-order chi connectivity index (χ0) is 20.0. The van der Waals surface area contributed by atoms with E-state index in [1.165, 1.54) is 4.90 Å². The molecule has 2 aliphatic rings. The van der Waals surface area contributed by atoms with Crippen LogP contribution < -0.4 is 5.32 Å². The molecule has 0 radical (unpaired) electrons. The third kappa shape index (κ3) is 2.78. The van der Waals surface area contributed by atoms with E-state index >= 15 is 0 Å². The van der Waals surface area contributed by atoms with Gasteiger partial charge in [0.2, 0.25) is 5.91 Å². The van der Waals surface area contributed by atoms with E-state index in [1.54, 1.807) is 49.5 Å². The number of aliphatic carboxylic acids is 1. The molecule has 0 bridgehead atoms. The van der Waals surface area contributed by atoms with Crippen LogP contribution in [0.5, 0.6) is 0 Å². The van der Waals surface area contributed by atoms with Crippen LogP contribution in [-0.4, -0.2) is 50.0 Å². The van der Waals surface area contributed by atoms with E-state index in [0.29, 0.717) is 28.9 Å². The highest BCUT2D eigenvalue weighted by Gasteiger charge is 2.56. The highest BCUT2D eigenvalue weighted by Crippen LogP contribution is 2.46. The minimum absolute atomic E-state index is 0.0323. The molecule has 2 aromatic rings. The number of fused-ring (bicyclic) bond motifs is 1. The van der Waals surface area contributed by atoms with Crippen LogP contribution in [0.3, 0.4) is 0 Å².